The lowest BCUT2D eigenvalue weighted by atomic mass is 10.1. The summed E-state index contributed by atoms with van der Waals surface area (Å²) in [6.07, 6.45) is 1.75. The Hall–Kier alpha value is -2.60. The molecule has 0 radical (unpaired) electrons. The molecule has 0 aliphatic carbocycles. The minimum Gasteiger partial charge on any atom is -0.341 e. The van der Waals surface area contributed by atoms with Gasteiger partial charge in [0.05, 0.1) is 5.69 Å². The van der Waals surface area contributed by atoms with Crippen molar-refractivity contribution in [1.29, 1.82) is 0 Å². The maximum atomic E-state index is 11.3. The summed E-state index contributed by atoms with van der Waals surface area (Å²) in [4.78, 5) is 15.6. The summed E-state index contributed by atoms with van der Waals surface area (Å²) in [6, 6.07) is 13.8. The van der Waals surface area contributed by atoms with Gasteiger partial charge in [0.25, 0.3) is 5.91 Å². The zero-order valence-electron chi connectivity index (χ0n) is 10.7. The Labute approximate surface area is 112 Å². The molecule has 1 aromatic heterocycles. The van der Waals surface area contributed by atoms with Crippen molar-refractivity contribution in [3.05, 3.63) is 54.2 Å². The van der Waals surface area contributed by atoms with Gasteiger partial charge in [0, 0.05) is 18.3 Å². The SMILES string of the molecule is CC#CC(=O)NCc1ccnc(-c2ccccc2)c1. The maximum Gasteiger partial charge on any atom is 0.296 e. The third kappa shape index (κ3) is 3.68. The Morgan fingerprint density at radius 2 is 2.05 bits per heavy atom. The second-order valence-corrected chi connectivity index (χ2v) is 3.97. The highest BCUT2D eigenvalue weighted by Crippen LogP contribution is 2.16. The Bertz CT molecular complexity index is 624. The Balaban J connectivity index is 2.11. The molecular weight excluding hydrogens is 236 g/mol. The van der Waals surface area contributed by atoms with Crippen LogP contribution in [-0.4, -0.2) is 10.9 Å². The molecule has 0 bridgehead atoms. The Kier molecular flexibility index (Phi) is 4.30. The summed E-state index contributed by atoms with van der Waals surface area (Å²) >= 11 is 0. The number of hydrogen-bond donors (Lipinski definition) is 1. The van der Waals surface area contributed by atoms with Gasteiger partial charge in [-0.05, 0) is 30.5 Å². The van der Waals surface area contributed by atoms with Crippen LogP contribution < -0.4 is 5.32 Å². The molecule has 0 unspecified atom stereocenters. The van der Waals surface area contributed by atoms with Gasteiger partial charge in [0.2, 0.25) is 0 Å². The van der Waals surface area contributed by atoms with Gasteiger partial charge in [-0.1, -0.05) is 36.3 Å². The first-order valence-electron chi connectivity index (χ1n) is 6.00. The summed E-state index contributed by atoms with van der Waals surface area (Å²) < 4.78 is 0. The minimum atomic E-state index is -0.263. The van der Waals surface area contributed by atoms with Crippen molar-refractivity contribution in [3.63, 3.8) is 0 Å². The molecule has 94 valence electrons. The number of carbonyl (C=O) groups is 1. The van der Waals surface area contributed by atoms with Crippen LogP contribution in [0, 0.1) is 11.8 Å². The molecule has 0 saturated heterocycles. The van der Waals surface area contributed by atoms with Crippen LogP contribution in [0.3, 0.4) is 0 Å². The molecule has 0 saturated carbocycles. The molecule has 1 heterocycles. The van der Waals surface area contributed by atoms with Crippen LogP contribution in [0.15, 0.2) is 48.7 Å². The lowest BCUT2D eigenvalue weighted by Gasteiger charge is -2.05. The average Bonchev–Trinajstić information content (AvgIpc) is 2.47. The van der Waals surface area contributed by atoms with Crippen molar-refractivity contribution in [1.82, 2.24) is 10.3 Å². The van der Waals surface area contributed by atoms with Crippen molar-refractivity contribution >= 4 is 5.91 Å². The van der Waals surface area contributed by atoms with Gasteiger partial charge >= 0.3 is 0 Å². The van der Waals surface area contributed by atoms with Crippen molar-refractivity contribution in [3.8, 4) is 23.1 Å². The molecule has 1 N–H and O–H groups in total. The summed E-state index contributed by atoms with van der Waals surface area (Å²) in [7, 11) is 0. The molecule has 0 aliphatic heterocycles. The number of benzene rings is 1. The van der Waals surface area contributed by atoms with Crippen LogP contribution in [0.1, 0.15) is 12.5 Å². The van der Waals surface area contributed by atoms with Crippen LogP contribution in [-0.2, 0) is 11.3 Å². The number of nitrogens with zero attached hydrogens (tertiary/aromatic N) is 1. The summed E-state index contributed by atoms with van der Waals surface area (Å²) in [5, 5.41) is 2.74. The van der Waals surface area contributed by atoms with Crippen molar-refractivity contribution in [2.45, 2.75) is 13.5 Å². The van der Waals surface area contributed by atoms with Gasteiger partial charge in [-0.15, -0.1) is 0 Å². The van der Waals surface area contributed by atoms with Crippen LogP contribution >= 0.6 is 0 Å². The van der Waals surface area contributed by atoms with E-state index in [1.165, 1.54) is 0 Å². The van der Waals surface area contributed by atoms with Crippen LogP contribution in [0.5, 0.6) is 0 Å². The van der Waals surface area contributed by atoms with E-state index in [4.69, 9.17) is 0 Å². The highest BCUT2D eigenvalue weighted by molar-refractivity contribution is 5.93. The van der Waals surface area contributed by atoms with E-state index in [2.05, 4.69) is 22.1 Å². The molecule has 0 spiro atoms. The molecule has 3 nitrogen and oxygen atoms in total. The summed E-state index contributed by atoms with van der Waals surface area (Å²) in [5.74, 6) is 4.75. The quantitative estimate of drug-likeness (QED) is 0.850. The molecule has 0 atom stereocenters. The number of nitrogens with one attached hydrogen (secondary N) is 1. The largest absolute Gasteiger partial charge is 0.341 e. The smallest absolute Gasteiger partial charge is 0.296 e. The van der Waals surface area contributed by atoms with Gasteiger partial charge in [-0.25, -0.2) is 0 Å². The van der Waals surface area contributed by atoms with E-state index >= 15 is 0 Å². The van der Waals surface area contributed by atoms with E-state index in [-0.39, 0.29) is 5.91 Å². The second kappa shape index (κ2) is 6.36. The number of pyridine rings is 1. The van der Waals surface area contributed by atoms with Crippen molar-refractivity contribution < 1.29 is 4.79 Å². The van der Waals surface area contributed by atoms with Gasteiger partial charge in [0.15, 0.2) is 0 Å². The monoisotopic (exact) mass is 250 g/mol. The molecule has 3 heteroatoms. The summed E-state index contributed by atoms with van der Waals surface area (Å²) in [5.41, 5.74) is 2.96. The molecular formula is C16H14N2O. The van der Waals surface area contributed by atoms with E-state index in [0.29, 0.717) is 6.54 Å². The first kappa shape index (κ1) is 12.8. The lowest BCUT2D eigenvalue weighted by molar-refractivity contribution is -0.115. The van der Waals surface area contributed by atoms with Gasteiger partial charge in [-0.2, -0.15) is 0 Å². The third-order valence-electron chi connectivity index (χ3n) is 2.59. The maximum absolute atomic E-state index is 11.3. The predicted molar refractivity (Wildman–Crippen MR) is 75.0 cm³/mol. The third-order valence-corrected chi connectivity index (χ3v) is 2.59. The fourth-order valence-electron chi connectivity index (χ4n) is 1.69. The van der Waals surface area contributed by atoms with Crippen molar-refractivity contribution in [2.24, 2.45) is 0 Å². The van der Waals surface area contributed by atoms with Crippen molar-refractivity contribution in [2.75, 3.05) is 0 Å². The van der Waals surface area contributed by atoms with Crippen LogP contribution in [0.2, 0.25) is 0 Å². The fourth-order valence-corrected chi connectivity index (χ4v) is 1.69. The van der Waals surface area contributed by atoms with E-state index in [0.717, 1.165) is 16.8 Å². The van der Waals surface area contributed by atoms with Crippen LogP contribution in [0.4, 0.5) is 0 Å². The Morgan fingerprint density at radius 3 is 2.79 bits per heavy atom. The Morgan fingerprint density at radius 1 is 1.26 bits per heavy atom. The summed E-state index contributed by atoms with van der Waals surface area (Å²) in [6.45, 7) is 2.09. The van der Waals surface area contributed by atoms with E-state index in [9.17, 15) is 4.79 Å². The molecule has 19 heavy (non-hydrogen) atoms. The van der Waals surface area contributed by atoms with Gasteiger partial charge in [-0.3, -0.25) is 9.78 Å². The number of hydrogen-bond acceptors (Lipinski definition) is 2. The normalized spacial score (nSPS) is 9.32. The highest BCUT2D eigenvalue weighted by atomic mass is 16.1. The molecule has 1 aromatic carbocycles. The van der Waals surface area contributed by atoms with E-state index in [1.807, 2.05) is 42.5 Å². The first-order chi connectivity index (χ1) is 9.29. The second-order valence-electron chi connectivity index (χ2n) is 3.97. The van der Waals surface area contributed by atoms with E-state index < -0.39 is 0 Å². The van der Waals surface area contributed by atoms with Gasteiger partial charge < -0.3 is 5.32 Å². The highest BCUT2D eigenvalue weighted by Gasteiger charge is 2.01. The molecule has 2 aromatic rings. The van der Waals surface area contributed by atoms with Gasteiger partial charge in [0.1, 0.15) is 0 Å². The number of amides is 1. The molecule has 0 fully saturated rings. The minimum absolute atomic E-state index is 0.263. The molecule has 2 rings (SSSR count). The predicted octanol–water partition coefficient (Wildman–Crippen LogP) is 2.39. The first-order valence-corrected chi connectivity index (χ1v) is 6.00. The molecule has 0 aliphatic rings. The standard InChI is InChI=1S/C16H14N2O/c1-2-6-16(19)18-12-13-9-10-17-15(11-13)14-7-4-3-5-8-14/h3-5,7-11H,12H2,1H3,(H,18,19). The zero-order valence-corrected chi connectivity index (χ0v) is 10.7. The zero-order chi connectivity index (χ0) is 13.5. The average molecular weight is 250 g/mol. The number of rotatable bonds is 3. The fraction of sp³-hybridized carbons (Fsp3) is 0.125. The molecule has 1 amide bonds. The number of carbonyl (C=O) groups excluding carboxylic acids is 1. The van der Waals surface area contributed by atoms with E-state index in [1.54, 1.807) is 13.1 Å². The lowest BCUT2D eigenvalue weighted by Crippen LogP contribution is -2.20. The van der Waals surface area contributed by atoms with Crippen LogP contribution in [0.25, 0.3) is 11.3 Å². The topological polar surface area (TPSA) is 42.0 Å². The number of aromatic nitrogens is 1.